The lowest BCUT2D eigenvalue weighted by Gasteiger charge is -2.23. The van der Waals surface area contributed by atoms with Crippen LogP contribution in [0.25, 0.3) is 22.6 Å². The number of nitrogens with one attached hydrogen (secondary N) is 1. The van der Waals surface area contributed by atoms with Gasteiger partial charge in [0.25, 0.3) is 11.7 Å². The Bertz CT molecular complexity index is 1290. The molecule has 14 heteroatoms. The van der Waals surface area contributed by atoms with Crippen LogP contribution in [0.2, 0.25) is 0 Å². The summed E-state index contributed by atoms with van der Waals surface area (Å²) in [5, 5.41) is 0. The lowest BCUT2D eigenvalue weighted by molar-refractivity contribution is -0.304. The molecule has 0 aliphatic rings. The number of ether oxygens (including phenoxy) is 2. The third-order valence-corrected chi connectivity index (χ3v) is 4.90. The van der Waals surface area contributed by atoms with Gasteiger partial charge in [0, 0.05) is 25.8 Å². The average Bonchev–Trinajstić information content (AvgIpc) is 3.14. The zero-order chi connectivity index (χ0) is 26.1. The molecule has 1 unspecified atom stereocenters. The van der Waals surface area contributed by atoms with E-state index in [1.165, 1.54) is 28.4 Å². The van der Waals surface area contributed by atoms with E-state index in [-0.39, 0.29) is 48.2 Å². The summed E-state index contributed by atoms with van der Waals surface area (Å²) in [6, 6.07) is 4.24. The number of rotatable bonds is 9. The molecule has 1 atom stereocenters. The van der Waals surface area contributed by atoms with Crippen LogP contribution in [0.3, 0.4) is 0 Å². The molecule has 2 aromatic heterocycles. The fourth-order valence-electron chi connectivity index (χ4n) is 3.40. The number of fused-ring (bicyclic) bond motifs is 1. The normalized spacial score (nSPS) is 13.5. The van der Waals surface area contributed by atoms with Gasteiger partial charge in [-0.1, -0.05) is 13.8 Å². The molecule has 0 bridgehead atoms. The van der Waals surface area contributed by atoms with Gasteiger partial charge in [-0.05, 0) is 30.2 Å². The van der Waals surface area contributed by atoms with E-state index in [1.54, 1.807) is 0 Å². The predicted octanol–water partition coefficient (Wildman–Crippen LogP) is 3.73. The van der Waals surface area contributed by atoms with Crippen molar-refractivity contribution in [3.8, 4) is 17.1 Å². The summed E-state index contributed by atoms with van der Waals surface area (Å²) in [5.41, 5.74) is -0.912. The molecule has 35 heavy (non-hydrogen) atoms. The minimum atomic E-state index is -5.81. The lowest BCUT2D eigenvalue weighted by atomic mass is 10.2. The van der Waals surface area contributed by atoms with Crippen LogP contribution in [0.5, 0.6) is 5.75 Å². The Kier molecular flexibility index (Phi) is 7.34. The highest BCUT2D eigenvalue weighted by molar-refractivity contribution is 5.77. The third kappa shape index (κ3) is 5.52. The van der Waals surface area contributed by atoms with Crippen molar-refractivity contribution < 1.29 is 35.8 Å². The van der Waals surface area contributed by atoms with Crippen molar-refractivity contribution in [2.24, 2.45) is 5.92 Å². The van der Waals surface area contributed by atoms with Crippen molar-refractivity contribution in [1.82, 2.24) is 19.1 Å². The van der Waals surface area contributed by atoms with Crippen molar-refractivity contribution in [3.63, 3.8) is 0 Å². The molecule has 0 radical (unpaired) electrons. The molecule has 2 heterocycles. The number of H-pyrrole nitrogens is 1. The second kappa shape index (κ2) is 9.76. The van der Waals surface area contributed by atoms with E-state index in [2.05, 4.69) is 14.7 Å². The molecular formula is C21H22F6N4O4. The number of aromatic nitrogens is 4. The number of benzene rings is 1. The van der Waals surface area contributed by atoms with Crippen molar-refractivity contribution in [2.75, 3.05) is 13.7 Å². The Hall–Kier alpha value is -3.29. The van der Waals surface area contributed by atoms with Crippen LogP contribution < -0.4 is 16.0 Å². The molecule has 192 valence electrons. The van der Waals surface area contributed by atoms with Crippen molar-refractivity contribution in [3.05, 3.63) is 45.1 Å². The van der Waals surface area contributed by atoms with Gasteiger partial charge in [-0.25, -0.2) is 14.2 Å². The molecule has 8 nitrogen and oxygen atoms in total. The van der Waals surface area contributed by atoms with E-state index in [1.807, 2.05) is 13.8 Å². The molecule has 3 aromatic rings. The SMILES string of the molecule is COCCn1c(-c2ccc(OC(F)(F)C(F)C(F)(F)F)cc2)nc2c1c(=O)[nH]c(=O)n2CC(C)C. The summed E-state index contributed by atoms with van der Waals surface area (Å²) in [4.78, 5) is 31.7. The van der Waals surface area contributed by atoms with Crippen molar-refractivity contribution >= 4 is 11.2 Å². The second-order valence-corrected chi connectivity index (χ2v) is 8.11. The molecule has 0 aliphatic heterocycles. The summed E-state index contributed by atoms with van der Waals surface area (Å²) < 4.78 is 89.1. The first-order valence-electron chi connectivity index (χ1n) is 10.4. The Labute approximate surface area is 194 Å². The van der Waals surface area contributed by atoms with E-state index in [0.29, 0.717) is 0 Å². The molecule has 3 rings (SSSR count). The van der Waals surface area contributed by atoms with Crippen molar-refractivity contribution in [1.29, 1.82) is 0 Å². The van der Waals surface area contributed by atoms with Crippen molar-refractivity contribution in [2.45, 2.75) is 45.4 Å². The first kappa shape index (κ1) is 26.3. The van der Waals surface area contributed by atoms with Gasteiger partial charge in [0.05, 0.1) is 6.61 Å². The van der Waals surface area contributed by atoms with Gasteiger partial charge < -0.3 is 14.0 Å². The maximum absolute atomic E-state index is 13.6. The van der Waals surface area contributed by atoms with E-state index in [0.717, 1.165) is 12.1 Å². The number of aromatic amines is 1. The second-order valence-electron chi connectivity index (χ2n) is 8.11. The third-order valence-electron chi connectivity index (χ3n) is 4.90. The standard InChI is InChI=1S/C21H22F6N4O4/c1-11(2)10-31-16-14(17(32)29-19(31)33)30(8-9-34-3)15(28-16)12-4-6-13(7-5-12)35-21(26,27)18(22)20(23,24)25/h4-7,11,18H,8-10H2,1-3H3,(H,29,32,33). The molecule has 0 aliphatic carbocycles. The van der Waals surface area contributed by atoms with Crippen LogP contribution >= 0.6 is 0 Å². The molecule has 0 spiro atoms. The van der Waals surface area contributed by atoms with Gasteiger partial charge >= 0.3 is 18.0 Å². The van der Waals surface area contributed by atoms with Gasteiger partial charge in [0.2, 0.25) is 0 Å². The summed E-state index contributed by atoms with van der Waals surface area (Å²) in [6.07, 6.45) is -15.5. The first-order valence-corrected chi connectivity index (χ1v) is 10.4. The van der Waals surface area contributed by atoms with Crippen LogP contribution in [-0.4, -0.2) is 51.3 Å². The van der Waals surface area contributed by atoms with Crippen LogP contribution in [-0.2, 0) is 17.8 Å². The van der Waals surface area contributed by atoms with Gasteiger partial charge in [-0.15, -0.1) is 0 Å². The molecule has 1 N–H and O–H groups in total. The summed E-state index contributed by atoms with van der Waals surface area (Å²) in [6.45, 7) is 4.27. The molecular weight excluding hydrogens is 486 g/mol. The summed E-state index contributed by atoms with van der Waals surface area (Å²) >= 11 is 0. The minimum absolute atomic E-state index is 0.0310. The summed E-state index contributed by atoms with van der Waals surface area (Å²) in [7, 11) is 1.43. The van der Waals surface area contributed by atoms with Crippen LogP contribution in [0.15, 0.2) is 33.9 Å². The van der Waals surface area contributed by atoms with Gasteiger partial charge in [-0.3, -0.25) is 14.3 Å². The summed E-state index contributed by atoms with van der Waals surface area (Å²) in [5.74, 6) is -0.522. The van der Waals surface area contributed by atoms with Gasteiger partial charge in [-0.2, -0.15) is 22.0 Å². The molecule has 1 aromatic carbocycles. The van der Waals surface area contributed by atoms with E-state index >= 15 is 0 Å². The number of halogens is 6. The largest absolute Gasteiger partial charge is 0.439 e. The maximum Gasteiger partial charge on any atom is 0.439 e. The van der Waals surface area contributed by atoms with E-state index in [4.69, 9.17) is 4.74 Å². The zero-order valence-electron chi connectivity index (χ0n) is 18.8. The fourth-order valence-corrected chi connectivity index (χ4v) is 3.40. The van der Waals surface area contributed by atoms with Crippen LogP contribution in [0.4, 0.5) is 26.3 Å². The average molecular weight is 508 g/mol. The maximum atomic E-state index is 13.6. The number of methoxy groups -OCH3 is 1. The quantitative estimate of drug-likeness (QED) is 0.445. The van der Waals surface area contributed by atoms with Crippen LogP contribution in [0.1, 0.15) is 13.8 Å². The Balaban J connectivity index is 2.08. The Morgan fingerprint density at radius 2 is 1.69 bits per heavy atom. The van der Waals surface area contributed by atoms with Gasteiger partial charge in [0.15, 0.2) is 11.2 Å². The first-order chi connectivity index (χ1) is 16.3. The number of hydrogen-bond donors (Lipinski definition) is 1. The van der Waals surface area contributed by atoms with Crippen LogP contribution in [0, 0.1) is 5.92 Å². The molecule has 0 fully saturated rings. The monoisotopic (exact) mass is 508 g/mol. The molecule has 0 saturated carbocycles. The smallest absolute Gasteiger partial charge is 0.430 e. The number of hydrogen-bond acceptors (Lipinski definition) is 5. The highest BCUT2D eigenvalue weighted by Gasteiger charge is 2.59. The lowest BCUT2D eigenvalue weighted by Crippen LogP contribution is -2.45. The molecule has 0 saturated heterocycles. The number of alkyl halides is 6. The van der Waals surface area contributed by atoms with E-state index in [9.17, 15) is 35.9 Å². The zero-order valence-corrected chi connectivity index (χ0v) is 18.8. The highest BCUT2D eigenvalue weighted by atomic mass is 19.4. The minimum Gasteiger partial charge on any atom is -0.430 e. The topological polar surface area (TPSA) is 91.1 Å². The Morgan fingerprint density at radius 3 is 2.23 bits per heavy atom. The number of imidazole rings is 1. The van der Waals surface area contributed by atoms with E-state index < -0.39 is 35.5 Å². The number of nitrogens with zero attached hydrogens (tertiary/aromatic N) is 3. The van der Waals surface area contributed by atoms with Gasteiger partial charge in [0.1, 0.15) is 11.6 Å². The Morgan fingerprint density at radius 1 is 1.06 bits per heavy atom. The fraction of sp³-hybridized carbons (Fsp3) is 0.476. The highest BCUT2D eigenvalue weighted by Crippen LogP contribution is 2.37. The molecule has 0 amide bonds. The predicted molar refractivity (Wildman–Crippen MR) is 113 cm³/mol.